The zero-order valence-corrected chi connectivity index (χ0v) is 8.50. The molecule has 0 aliphatic rings. The van der Waals surface area contributed by atoms with Crippen LogP contribution in [-0.4, -0.2) is 23.6 Å². The third-order valence-electron chi connectivity index (χ3n) is 2.53. The Kier molecular flexibility index (Phi) is 2.57. The third kappa shape index (κ3) is 1.79. The van der Waals surface area contributed by atoms with Crippen LogP contribution in [0.3, 0.4) is 0 Å². The molecule has 0 saturated carbocycles. The highest BCUT2D eigenvalue weighted by molar-refractivity contribution is 5.75. The first-order chi connectivity index (χ1) is 7.24. The highest BCUT2D eigenvalue weighted by Gasteiger charge is 2.07. The molecular weight excluding hydrogens is 192 g/mol. The summed E-state index contributed by atoms with van der Waals surface area (Å²) < 4.78 is 0. The number of benzene rings is 1. The predicted octanol–water partition coefficient (Wildman–Crippen LogP) is 0.0754. The van der Waals surface area contributed by atoms with Crippen molar-refractivity contribution in [3.05, 3.63) is 34.2 Å². The first-order valence-corrected chi connectivity index (χ1v) is 4.84. The number of fused-ring (bicyclic) bond motifs is 1. The minimum absolute atomic E-state index is 0.118. The van der Waals surface area contributed by atoms with E-state index in [0.717, 1.165) is 16.6 Å². The van der Waals surface area contributed by atoms with Gasteiger partial charge in [0.25, 0.3) is 0 Å². The van der Waals surface area contributed by atoms with Crippen LogP contribution in [0.15, 0.2) is 23.0 Å². The van der Waals surface area contributed by atoms with Gasteiger partial charge in [0.15, 0.2) is 0 Å². The fourth-order valence-electron chi connectivity index (χ4n) is 1.69. The second-order valence-corrected chi connectivity index (χ2v) is 3.46. The SMILES string of the molecule is CNC(CN)c1ccc2[nH]c(=O)[nH]c2c1. The van der Waals surface area contributed by atoms with Gasteiger partial charge in [0.1, 0.15) is 0 Å². The monoisotopic (exact) mass is 206 g/mol. The summed E-state index contributed by atoms with van der Waals surface area (Å²) in [5, 5.41) is 3.11. The van der Waals surface area contributed by atoms with E-state index in [0.29, 0.717) is 6.54 Å². The highest BCUT2D eigenvalue weighted by atomic mass is 16.1. The van der Waals surface area contributed by atoms with Crippen molar-refractivity contribution < 1.29 is 0 Å². The molecule has 5 nitrogen and oxygen atoms in total. The molecule has 0 aliphatic heterocycles. The minimum atomic E-state index is -0.184. The molecule has 1 atom stereocenters. The number of aromatic amines is 2. The van der Waals surface area contributed by atoms with Crippen LogP contribution in [0.4, 0.5) is 0 Å². The zero-order chi connectivity index (χ0) is 10.8. The number of imidazole rings is 1. The van der Waals surface area contributed by atoms with Crippen molar-refractivity contribution >= 4 is 11.0 Å². The molecule has 80 valence electrons. The smallest absolute Gasteiger partial charge is 0.323 e. The molecule has 2 aromatic rings. The Balaban J connectivity index is 2.49. The van der Waals surface area contributed by atoms with Crippen LogP contribution in [0, 0.1) is 0 Å². The van der Waals surface area contributed by atoms with Gasteiger partial charge in [-0.25, -0.2) is 4.79 Å². The number of hydrogen-bond donors (Lipinski definition) is 4. The molecule has 5 N–H and O–H groups in total. The maximum absolute atomic E-state index is 11.1. The van der Waals surface area contributed by atoms with Crippen LogP contribution in [0.2, 0.25) is 0 Å². The molecule has 0 bridgehead atoms. The van der Waals surface area contributed by atoms with E-state index in [1.54, 1.807) is 0 Å². The summed E-state index contributed by atoms with van der Waals surface area (Å²) in [5.74, 6) is 0. The largest absolute Gasteiger partial charge is 0.329 e. The lowest BCUT2D eigenvalue weighted by Crippen LogP contribution is -2.24. The van der Waals surface area contributed by atoms with Crippen molar-refractivity contribution in [2.24, 2.45) is 5.73 Å². The fourth-order valence-corrected chi connectivity index (χ4v) is 1.69. The second kappa shape index (κ2) is 3.88. The number of rotatable bonds is 3. The second-order valence-electron chi connectivity index (χ2n) is 3.46. The first kappa shape index (κ1) is 9.95. The van der Waals surface area contributed by atoms with Crippen molar-refractivity contribution in [3.63, 3.8) is 0 Å². The van der Waals surface area contributed by atoms with Crippen LogP contribution in [-0.2, 0) is 0 Å². The zero-order valence-electron chi connectivity index (χ0n) is 8.50. The number of hydrogen-bond acceptors (Lipinski definition) is 3. The first-order valence-electron chi connectivity index (χ1n) is 4.84. The third-order valence-corrected chi connectivity index (χ3v) is 2.53. The molecule has 1 heterocycles. The summed E-state index contributed by atoms with van der Waals surface area (Å²) in [6.45, 7) is 0.524. The Labute approximate surface area is 86.7 Å². The molecule has 0 aliphatic carbocycles. The van der Waals surface area contributed by atoms with Gasteiger partial charge in [-0.1, -0.05) is 6.07 Å². The van der Waals surface area contributed by atoms with Crippen molar-refractivity contribution in [3.8, 4) is 0 Å². The van der Waals surface area contributed by atoms with E-state index in [1.165, 1.54) is 0 Å². The van der Waals surface area contributed by atoms with E-state index in [4.69, 9.17) is 5.73 Å². The fraction of sp³-hybridized carbons (Fsp3) is 0.300. The van der Waals surface area contributed by atoms with Crippen molar-refractivity contribution in [2.75, 3.05) is 13.6 Å². The lowest BCUT2D eigenvalue weighted by molar-refractivity contribution is 0.606. The number of nitrogens with two attached hydrogens (primary N) is 1. The summed E-state index contributed by atoms with van der Waals surface area (Å²) >= 11 is 0. The number of likely N-dealkylation sites (N-methyl/N-ethyl adjacent to an activating group) is 1. The Morgan fingerprint density at radius 3 is 2.80 bits per heavy atom. The van der Waals surface area contributed by atoms with Gasteiger partial charge in [-0.05, 0) is 24.7 Å². The van der Waals surface area contributed by atoms with Crippen LogP contribution in [0.1, 0.15) is 11.6 Å². The van der Waals surface area contributed by atoms with Gasteiger partial charge >= 0.3 is 5.69 Å². The van der Waals surface area contributed by atoms with Crippen LogP contribution in [0.25, 0.3) is 11.0 Å². The van der Waals surface area contributed by atoms with Crippen molar-refractivity contribution in [2.45, 2.75) is 6.04 Å². The summed E-state index contributed by atoms with van der Waals surface area (Å²) in [7, 11) is 1.86. The van der Waals surface area contributed by atoms with Gasteiger partial charge in [0, 0.05) is 12.6 Å². The lowest BCUT2D eigenvalue weighted by atomic mass is 10.1. The Hall–Kier alpha value is -1.59. The van der Waals surface area contributed by atoms with E-state index in [1.807, 2.05) is 25.2 Å². The van der Waals surface area contributed by atoms with Gasteiger partial charge in [-0.2, -0.15) is 0 Å². The van der Waals surface area contributed by atoms with Gasteiger partial charge in [0.2, 0.25) is 0 Å². The average molecular weight is 206 g/mol. The molecule has 1 aromatic heterocycles. The van der Waals surface area contributed by atoms with Gasteiger partial charge in [-0.15, -0.1) is 0 Å². The van der Waals surface area contributed by atoms with Gasteiger partial charge in [0.05, 0.1) is 11.0 Å². The summed E-state index contributed by atoms with van der Waals surface area (Å²) in [6, 6.07) is 5.89. The normalized spacial score (nSPS) is 13.2. The molecule has 1 unspecified atom stereocenters. The maximum atomic E-state index is 11.1. The molecular formula is C10H14N4O. The number of aromatic nitrogens is 2. The molecule has 1 aromatic carbocycles. The average Bonchev–Trinajstić information content (AvgIpc) is 2.59. The van der Waals surface area contributed by atoms with E-state index >= 15 is 0 Å². The van der Waals surface area contributed by atoms with Crippen LogP contribution < -0.4 is 16.7 Å². The quantitative estimate of drug-likeness (QED) is 0.573. The van der Waals surface area contributed by atoms with Crippen LogP contribution in [0.5, 0.6) is 0 Å². The van der Waals surface area contributed by atoms with E-state index in [9.17, 15) is 4.79 Å². The number of nitrogens with one attached hydrogen (secondary N) is 3. The van der Waals surface area contributed by atoms with E-state index in [2.05, 4.69) is 15.3 Å². The maximum Gasteiger partial charge on any atom is 0.323 e. The molecule has 2 rings (SSSR count). The predicted molar refractivity (Wildman–Crippen MR) is 59.8 cm³/mol. The molecule has 0 radical (unpaired) electrons. The van der Waals surface area contributed by atoms with Crippen molar-refractivity contribution in [1.29, 1.82) is 0 Å². The van der Waals surface area contributed by atoms with Crippen LogP contribution >= 0.6 is 0 Å². The molecule has 0 amide bonds. The van der Waals surface area contributed by atoms with E-state index in [-0.39, 0.29) is 11.7 Å². The molecule has 5 heteroatoms. The minimum Gasteiger partial charge on any atom is -0.329 e. The molecule has 0 spiro atoms. The van der Waals surface area contributed by atoms with Crippen molar-refractivity contribution in [1.82, 2.24) is 15.3 Å². The Morgan fingerprint density at radius 2 is 2.13 bits per heavy atom. The Morgan fingerprint density at radius 1 is 1.40 bits per heavy atom. The standard InChI is InChI=1S/C10H14N4O/c1-12-9(5-11)6-2-3-7-8(4-6)14-10(15)13-7/h2-4,9,12H,5,11H2,1H3,(H2,13,14,15). The van der Waals surface area contributed by atoms with Gasteiger partial charge < -0.3 is 21.0 Å². The lowest BCUT2D eigenvalue weighted by Gasteiger charge is -2.13. The summed E-state index contributed by atoms with van der Waals surface area (Å²) in [5.41, 5.74) is 8.14. The Bertz CT molecular complexity index is 509. The molecule has 0 fully saturated rings. The number of H-pyrrole nitrogens is 2. The summed E-state index contributed by atoms with van der Waals surface area (Å²) in [6.07, 6.45) is 0. The topological polar surface area (TPSA) is 86.7 Å². The molecule has 15 heavy (non-hydrogen) atoms. The molecule has 0 saturated heterocycles. The van der Waals surface area contributed by atoms with Gasteiger partial charge in [-0.3, -0.25) is 0 Å². The highest BCUT2D eigenvalue weighted by Crippen LogP contribution is 2.15. The van der Waals surface area contributed by atoms with E-state index < -0.39 is 0 Å². The summed E-state index contributed by atoms with van der Waals surface area (Å²) in [4.78, 5) is 16.5.